The van der Waals surface area contributed by atoms with Gasteiger partial charge in [-0.2, -0.15) is 0 Å². The standard InChI is InChI=1S/C56H71N11O5/c1-34(2)66-33-58-46-30-45(60-51(50(46)66)59-39-11-12-39)36-9-16-44-47(27-36)67(42-28-41(29-42)63-22-5-4-6-23-63)55(72)56(44)20-25-64(26-21-56)54(71)38-19-24-65(32-38)53(70)35-7-13-40(14-8-35)62(3)48-17-10-37(31-57-48)43-15-18-49(68)61-52(43)69/h9-10,16-17,27,30-31,33-35,38-43H,4-8,11-15,18-26,28-29,32H2,1-3H3,(H,59,60)(H,61,68,69)/t35-,38-,40-,41-,42+,43?/m1/s1. The maximum atomic E-state index is 15.2. The zero-order chi connectivity index (χ0) is 49.4. The highest BCUT2D eigenvalue weighted by atomic mass is 16.2. The molecule has 16 nitrogen and oxygen atoms in total. The molecule has 0 radical (unpaired) electrons. The Hall–Kier alpha value is -5.90. The van der Waals surface area contributed by atoms with Crippen molar-refractivity contribution < 1.29 is 24.0 Å². The molecule has 3 saturated carbocycles. The monoisotopic (exact) mass is 978 g/mol. The van der Waals surface area contributed by atoms with Crippen LogP contribution in [0.3, 0.4) is 0 Å². The lowest BCUT2D eigenvalue weighted by molar-refractivity contribution is -0.140. The van der Waals surface area contributed by atoms with Crippen LogP contribution < -0.4 is 20.4 Å². The lowest BCUT2D eigenvalue weighted by atomic mass is 9.73. The zero-order valence-electron chi connectivity index (χ0n) is 42.4. The molecular weight excluding hydrogens is 907 g/mol. The molecule has 0 bridgehead atoms. The number of imidazole rings is 1. The highest BCUT2D eigenvalue weighted by molar-refractivity contribution is 6.09. The first kappa shape index (κ1) is 47.1. The average molecular weight is 978 g/mol. The smallest absolute Gasteiger partial charge is 0.238 e. The van der Waals surface area contributed by atoms with E-state index in [9.17, 15) is 19.2 Å². The number of benzene rings is 1. The summed E-state index contributed by atoms with van der Waals surface area (Å²) >= 11 is 0. The van der Waals surface area contributed by atoms with Gasteiger partial charge in [0.25, 0.3) is 0 Å². The van der Waals surface area contributed by atoms with Gasteiger partial charge in [-0.3, -0.25) is 29.3 Å². The summed E-state index contributed by atoms with van der Waals surface area (Å²) in [7, 11) is 2.04. The lowest BCUT2D eigenvalue weighted by Crippen LogP contribution is -2.58. The summed E-state index contributed by atoms with van der Waals surface area (Å²) in [6, 6.07) is 14.1. The summed E-state index contributed by atoms with van der Waals surface area (Å²) < 4.78 is 2.20. The summed E-state index contributed by atoms with van der Waals surface area (Å²) in [6.07, 6.45) is 17.7. The molecule has 5 amide bonds. The number of likely N-dealkylation sites (tertiary alicyclic amines) is 3. The van der Waals surface area contributed by atoms with Gasteiger partial charge >= 0.3 is 0 Å². The van der Waals surface area contributed by atoms with E-state index < -0.39 is 5.41 Å². The Morgan fingerprint density at radius 2 is 1.57 bits per heavy atom. The molecule has 8 heterocycles. The van der Waals surface area contributed by atoms with Crippen LogP contribution in [0.15, 0.2) is 48.9 Å². The minimum Gasteiger partial charge on any atom is -0.366 e. The maximum absolute atomic E-state index is 15.2. The highest BCUT2D eigenvalue weighted by Crippen LogP contribution is 2.52. The second-order valence-electron chi connectivity index (χ2n) is 22.9. The van der Waals surface area contributed by atoms with E-state index in [1.165, 1.54) is 19.3 Å². The van der Waals surface area contributed by atoms with E-state index >= 15 is 4.79 Å². The Labute approximate surface area is 422 Å². The molecular formula is C56H71N11O5. The SMILES string of the molecule is CC(C)n1cnc2cc(-c3ccc4c(c3)N([C@H]3C[C@@H](N5CCCCC5)C3)C(=O)C43CCN(C(=O)[C@@H]4CCN(C(=O)[C@H]5CC[C@H](N(C)c6ccc(C7CCC(=O)NC7=O)cn6)CC5)C4)CC3)nc(NC3CC3)c21. The summed E-state index contributed by atoms with van der Waals surface area (Å²) in [6.45, 7) is 8.73. The van der Waals surface area contributed by atoms with Crippen molar-refractivity contribution >= 4 is 57.9 Å². The molecule has 3 aromatic heterocycles. The van der Waals surface area contributed by atoms with Crippen molar-refractivity contribution in [2.75, 3.05) is 61.4 Å². The molecule has 2 N–H and O–H groups in total. The summed E-state index contributed by atoms with van der Waals surface area (Å²) in [5.41, 5.74) is 6.00. The Balaban J connectivity index is 0.700. The van der Waals surface area contributed by atoms with Crippen LogP contribution in [0, 0.1) is 11.8 Å². The molecule has 380 valence electrons. The Morgan fingerprint density at radius 3 is 2.28 bits per heavy atom. The van der Waals surface area contributed by atoms with Crippen molar-refractivity contribution in [3.8, 4) is 11.3 Å². The minimum absolute atomic E-state index is 0.0624. The van der Waals surface area contributed by atoms with E-state index in [4.69, 9.17) is 9.97 Å². The fourth-order valence-electron chi connectivity index (χ4n) is 13.6. The van der Waals surface area contributed by atoms with Crippen LogP contribution in [0.5, 0.6) is 0 Å². The Bertz CT molecular complexity index is 2760. The predicted molar refractivity (Wildman–Crippen MR) is 275 cm³/mol. The number of pyridine rings is 2. The number of piperidine rings is 3. The molecule has 4 aromatic rings. The van der Waals surface area contributed by atoms with Gasteiger partial charge in [0, 0.05) is 93.2 Å². The van der Waals surface area contributed by atoms with E-state index in [2.05, 4.69) is 73.0 Å². The topological polar surface area (TPSA) is 169 Å². The van der Waals surface area contributed by atoms with Crippen molar-refractivity contribution in [1.29, 1.82) is 0 Å². The summed E-state index contributed by atoms with van der Waals surface area (Å²) in [4.78, 5) is 93.3. The third-order valence-electron chi connectivity index (χ3n) is 18.2. The minimum atomic E-state index is -0.688. The van der Waals surface area contributed by atoms with Crippen LogP contribution in [0.25, 0.3) is 22.3 Å². The quantitative estimate of drug-likeness (QED) is 0.150. The van der Waals surface area contributed by atoms with Gasteiger partial charge in [-0.15, -0.1) is 0 Å². The number of nitrogens with one attached hydrogen (secondary N) is 2. The number of imide groups is 1. The van der Waals surface area contributed by atoms with Crippen LogP contribution in [-0.4, -0.2) is 134 Å². The first-order valence-corrected chi connectivity index (χ1v) is 27.4. The maximum Gasteiger partial charge on any atom is 0.238 e. The first-order valence-electron chi connectivity index (χ1n) is 27.4. The van der Waals surface area contributed by atoms with E-state index in [1.54, 1.807) is 6.20 Å². The number of fused-ring (bicyclic) bond motifs is 3. The number of amides is 5. The van der Waals surface area contributed by atoms with Crippen molar-refractivity contribution in [3.63, 3.8) is 0 Å². The average Bonchev–Trinajstić information content (AvgIpc) is 3.77. The zero-order valence-corrected chi connectivity index (χ0v) is 42.4. The largest absolute Gasteiger partial charge is 0.366 e. The van der Waals surface area contributed by atoms with E-state index in [1.807, 2.05) is 35.3 Å². The number of rotatable bonds is 11. The molecule has 72 heavy (non-hydrogen) atoms. The van der Waals surface area contributed by atoms with Gasteiger partial charge in [0.1, 0.15) is 11.3 Å². The number of hydrogen-bond donors (Lipinski definition) is 2. The number of carbonyl (C=O) groups excluding carboxylic acids is 5. The van der Waals surface area contributed by atoms with E-state index in [-0.39, 0.29) is 65.4 Å². The molecule has 12 rings (SSSR count). The second-order valence-corrected chi connectivity index (χ2v) is 22.9. The van der Waals surface area contributed by atoms with Crippen molar-refractivity contribution in [1.82, 2.24) is 39.5 Å². The van der Waals surface area contributed by atoms with Gasteiger partial charge in [0.05, 0.1) is 34.8 Å². The predicted octanol–water partition coefficient (Wildman–Crippen LogP) is 6.94. The number of anilines is 3. The van der Waals surface area contributed by atoms with Crippen molar-refractivity contribution in [2.45, 2.75) is 158 Å². The Morgan fingerprint density at radius 1 is 0.806 bits per heavy atom. The van der Waals surface area contributed by atoms with Gasteiger partial charge in [0.15, 0.2) is 5.82 Å². The van der Waals surface area contributed by atoms with Crippen molar-refractivity contribution in [2.24, 2.45) is 11.8 Å². The molecule has 7 fully saturated rings. The number of nitrogens with zero attached hydrogens (tertiary/aromatic N) is 9. The van der Waals surface area contributed by atoms with Crippen LogP contribution >= 0.6 is 0 Å². The highest BCUT2D eigenvalue weighted by Gasteiger charge is 2.56. The van der Waals surface area contributed by atoms with Gasteiger partial charge in [-0.1, -0.05) is 24.6 Å². The summed E-state index contributed by atoms with van der Waals surface area (Å²) in [5, 5.41) is 6.14. The van der Waals surface area contributed by atoms with Gasteiger partial charge < -0.3 is 34.4 Å². The van der Waals surface area contributed by atoms with E-state index in [0.717, 1.165) is 115 Å². The Kier molecular flexibility index (Phi) is 12.3. The number of hydrogen-bond acceptors (Lipinski definition) is 11. The van der Waals surface area contributed by atoms with Crippen LogP contribution in [0.1, 0.15) is 140 Å². The third-order valence-corrected chi connectivity index (χ3v) is 18.2. The fraction of sp³-hybridized carbons (Fsp3) is 0.607. The number of aromatic nitrogens is 4. The summed E-state index contributed by atoms with van der Waals surface area (Å²) in [5.74, 6) is 1.01. The van der Waals surface area contributed by atoms with Gasteiger partial charge in [0.2, 0.25) is 29.5 Å². The van der Waals surface area contributed by atoms with Gasteiger partial charge in [-0.25, -0.2) is 15.0 Å². The molecule has 2 atom stereocenters. The molecule has 4 saturated heterocycles. The third kappa shape index (κ3) is 8.52. The first-order chi connectivity index (χ1) is 34.9. The number of carbonyl (C=O) groups is 5. The lowest BCUT2D eigenvalue weighted by Gasteiger charge is -2.48. The molecule has 1 unspecified atom stereocenters. The normalized spacial score (nSPS) is 27.6. The molecule has 5 aliphatic heterocycles. The van der Waals surface area contributed by atoms with Crippen molar-refractivity contribution in [3.05, 3.63) is 60.0 Å². The molecule has 16 heteroatoms. The second kappa shape index (κ2) is 18.9. The van der Waals surface area contributed by atoms with Crippen LogP contribution in [0.2, 0.25) is 0 Å². The molecule has 1 spiro atoms. The van der Waals surface area contributed by atoms with Crippen LogP contribution in [-0.2, 0) is 29.4 Å². The van der Waals surface area contributed by atoms with Gasteiger partial charge in [-0.05, 0) is 146 Å². The molecule has 8 aliphatic rings. The van der Waals surface area contributed by atoms with Crippen LogP contribution in [0.4, 0.5) is 17.3 Å². The molecule has 1 aromatic carbocycles. The molecule has 3 aliphatic carbocycles. The van der Waals surface area contributed by atoms with E-state index in [0.29, 0.717) is 70.4 Å². The fourth-order valence-corrected chi connectivity index (χ4v) is 13.6.